The van der Waals surface area contributed by atoms with Gasteiger partial charge in [-0.2, -0.15) is 0 Å². The standard InChI is InChI=1S/C21H22OS/c1-23(2,19-13-7-10-15-8-3-5-11-17(15)19)20-14-16-9-4-6-12-18(16)21(20)22/h3-8,10-13,16,20H,9,14H2,1-2H3. The maximum absolute atomic E-state index is 13.0. The number of ketones is 1. The number of hydrogen-bond donors (Lipinski definition) is 0. The lowest BCUT2D eigenvalue weighted by Crippen LogP contribution is -2.22. The lowest BCUT2D eigenvalue weighted by atomic mass is 9.95. The van der Waals surface area contributed by atoms with Crippen LogP contribution in [0, 0.1) is 5.92 Å². The van der Waals surface area contributed by atoms with E-state index in [1.807, 2.05) is 6.08 Å². The Balaban J connectivity index is 1.80. The number of carbonyl (C=O) groups excluding carboxylic acids is 1. The molecule has 2 atom stereocenters. The second kappa shape index (κ2) is 5.38. The highest BCUT2D eigenvalue weighted by Gasteiger charge is 2.44. The maximum Gasteiger partial charge on any atom is 0.170 e. The van der Waals surface area contributed by atoms with Crippen molar-refractivity contribution in [3.05, 3.63) is 66.3 Å². The first-order valence-corrected chi connectivity index (χ1v) is 10.7. The molecule has 2 unspecified atom stereocenters. The number of benzene rings is 2. The number of allylic oxidation sites excluding steroid dienone is 4. The van der Waals surface area contributed by atoms with Crippen molar-refractivity contribution in [2.75, 3.05) is 12.5 Å². The smallest absolute Gasteiger partial charge is 0.170 e. The van der Waals surface area contributed by atoms with Crippen molar-refractivity contribution >= 4 is 26.6 Å². The van der Waals surface area contributed by atoms with Crippen molar-refractivity contribution in [2.24, 2.45) is 5.92 Å². The van der Waals surface area contributed by atoms with Crippen LogP contribution in [-0.4, -0.2) is 23.5 Å². The van der Waals surface area contributed by atoms with Crippen LogP contribution in [0.1, 0.15) is 12.8 Å². The number of rotatable bonds is 2. The van der Waals surface area contributed by atoms with Gasteiger partial charge in [-0.25, -0.2) is 10.0 Å². The van der Waals surface area contributed by atoms with Gasteiger partial charge in [-0.05, 0) is 58.6 Å². The van der Waals surface area contributed by atoms with E-state index in [9.17, 15) is 4.79 Å². The Morgan fingerprint density at radius 2 is 1.83 bits per heavy atom. The number of fused-ring (bicyclic) bond motifs is 2. The topological polar surface area (TPSA) is 17.1 Å². The van der Waals surface area contributed by atoms with Crippen LogP contribution in [0.5, 0.6) is 0 Å². The fourth-order valence-corrected chi connectivity index (χ4v) is 6.92. The summed E-state index contributed by atoms with van der Waals surface area (Å²) in [5.74, 6) is 0.839. The second-order valence-electron chi connectivity index (χ2n) is 6.95. The molecule has 23 heavy (non-hydrogen) atoms. The van der Waals surface area contributed by atoms with Crippen LogP contribution in [-0.2, 0) is 4.79 Å². The average Bonchev–Trinajstić information content (AvgIpc) is 2.92. The van der Waals surface area contributed by atoms with Crippen molar-refractivity contribution in [1.82, 2.24) is 0 Å². The van der Waals surface area contributed by atoms with Gasteiger partial charge in [-0.3, -0.25) is 4.79 Å². The highest BCUT2D eigenvalue weighted by molar-refractivity contribution is 8.33. The number of hydrogen-bond acceptors (Lipinski definition) is 1. The Labute approximate surface area is 139 Å². The van der Waals surface area contributed by atoms with E-state index < -0.39 is 10.0 Å². The summed E-state index contributed by atoms with van der Waals surface area (Å²) in [7, 11) is -1.19. The molecule has 0 amide bonds. The molecular weight excluding hydrogens is 300 g/mol. The lowest BCUT2D eigenvalue weighted by molar-refractivity contribution is -0.114. The van der Waals surface area contributed by atoms with Gasteiger partial charge in [0, 0.05) is 0 Å². The minimum absolute atomic E-state index is 0.157. The summed E-state index contributed by atoms with van der Waals surface area (Å²) in [5, 5.41) is 2.74. The summed E-state index contributed by atoms with van der Waals surface area (Å²) in [6.45, 7) is 0. The predicted molar refractivity (Wildman–Crippen MR) is 100 cm³/mol. The van der Waals surface area contributed by atoms with Gasteiger partial charge in [0.15, 0.2) is 5.78 Å². The minimum atomic E-state index is -1.19. The van der Waals surface area contributed by atoms with E-state index in [-0.39, 0.29) is 5.25 Å². The molecule has 0 spiro atoms. The molecule has 0 N–H and O–H groups in total. The van der Waals surface area contributed by atoms with Gasteiger partial charge < -0.3 is 0 Å². The molecule has 2 aliphatic rings. The Kier molecular flexibility index (Phi) is 3.46. The summed E-state index contributed by atoms with van der Waals surface area (Å²) in [5.41, 5.74) is 1.07. The van der Waals surface area contributed by atoms with E-state index in [1.54, 1.807) is 0 Å². The first-order valence-electron chi connectivity index (χ1n) is 8.20. The molecule has 2 aliphatic carbocycles. The molecule has 0 saturated heterocycles. The summed E-state index contributed by atoms with van der Waals surface area (Å²) < 4.78 is 0. The molecule has 118 valence electrons. The van der Waals surface area contributed by atoms with Crippen LogP contribution in [0.15, 0.2) is 71.2 Å². The molecule has 4 rings (SSSR count). The average molecular weight is 322 g/mol. The Hall–Kier alpha value is -1.80. The Morgan fingerprint density at radius 1 is 1.04 bits per heavy atom. The van der Waals surface area contributed by atoms with Gasteiger partial charge in [0.25, 0.3) is 0 Å². The molecule has 1 nitrogen and oxygen atoms in total. The van der Waals surface area contributed by atoms with Crippen molar-refractivity contribution in [1.29, 1.82) is 0 Å². The van der Waals surface area contributed by atoms with Gasteiger partial charge in [-0.15, -0.1) is 0 Å². The van der Waals surface area contributed by atoms with Crippen molar-refractivity contribution in [2.45, 2.75) is 23.0 Å². The number of carbonyl (C=O) groups is 1. The highest BCUT2D eigenvalue weighted by Crippen LogP contribution is 2.61. The van der Waals surface area contributed by atoms with Crippen LogP contribution in [0.3, 0.4) is 0 Å². The van der Waals surface area contributed by atoms with Crippen LogP contribution in [0.25, 0.3) is 10.8 Å². The maximum atomic E-state index is 13.0. The molecule has 2 aromatic carbocycles. The zero-order valence-corrected chi connectivity index (χ0v) is 14.5. The Morgan fingerprint density at radius 3 is 2.65 bits per heavy atom. The molecule has 0 radical (unpaired) electrons. The lowest BCUT2D eigenvalue weighted by Gasteiger charge is -2.38. The van der Waals surface area contributed by atoms with Crippen LogP contribution in [0.2, 0.25) is 0 Å². The van der Waals surface area contributed by atoms with Gasteiger partial charge in [-0.1, -0.05) is 54.6 Å². The van der Waals surface area contributed by atoms with Crippen LogP contribution < -0.4 is 0 Å². The highest BCUT2D eigenvalue weighted by atomic mass is 32.3. The van der Waals surface area contributed by atoms with E-state index >= 15 is 0 Å². The van der Waals surface area contributed by atoms with E-state index in [4.69, 9.17) is 0 Å². The van der Waals surface area contributed by atoms with Crippen LogP contribution in [0.4, 0.5) is 0 Å². The third-order valence-electron chi connectivity index (χ3n) is 5.38. The molecule has 0 aromatic heterocycles. The van der Waals surface area contributed by atoms with E-state index in [0.717, 1.165) is 18.4 Å². The fourth-order valence-electron chi connectivity index (χ4n) is 4.05. The molecule has 1 fully saturated rings. The molecule has 2 heteroatoms. The molecular formula is C21H22OS. The number of Topliss-reactive ketones (excluding diaryl/α,β-unsaturated/α-hetero) is 1. The van der Waals surface area contributed by atoms with E-state index in [0.29, 0.717) is 11.7 Å². The third kappa shape index (κ3) is 2.28. The van der Waals surface area contributed by atoms with Crippen molar-refractivity contribution in [3.8, 4) is 0 Å². The zero-order valence-electron chi connectivity index (χ0n) is 13.7. The molecule has 0 heterocycles. The molecule has 1 saturated carbocycles. The van der Waals surface area contributed by atoms with Gasteiger partial charge >= 0.3 is 0 Å². The summed E-state index contributed by atoms with van der Waals surface area (Å²) in [6.07, 6.45) is 13.0. The minimum Gasteiger partial charge on any atom is -0.293 e. The fraction of sp³-hybridized carbons (Fsp3) is 0.286. The van der Waals surface area contributed by atoms with Crippen molar-refractivity contribution < 1.29 is 4.79 Å². The van der Waals surface area contributed by atoms with Crippen molar-refractivity contribution in [3.63, 3.8) is 0 Å². The Bertz CT molecular complexity index is 839. The van der Waals surface area contributed by atoms with E-state index in [1.165, 1.54) is 15.7 Å². The van der Waals surface area contributed by atoms with Gasteiger partial charge in [0.2, 0.25) is 0 Å². The molecule has 0 aliphatic heterocycles. The van der Waals surface area contributed by atoms with Crippen LogP contribution >= 0.6 is 10.0 Å². The first-order chi connectivity index (χ1) is 11.1. The van der Waals surface area contributed by atoms with E-state index in [2.05, 4.69) is 67.1 Å². The summed E-state index contributed by atoms with van der Waals surface area (Å²) in [4.78, 5) is 14.4. The second-order valence-corrected chi connectivity index (χ2v) is 10.8. The SMILES string of the molecule is CS(C)(c1cccc2ccccc12)C1CC2CC=CC=C2C1=O. The summed E-state index contributed by atoms with van der Waals surface area (Å²) in [6, 6.07) is 15.1. The largest absolute Gasteiger partial charge is 0.293 e. The monoisotopic (exact) mass is 322 g/mol. The third-order valence-corrected chi connectivity index (χ3v) is 8.69. The van der Waals surface area contributed by atoms with Gasteiger partial charge in [0.05, 0.1) is 5.25 Å². The predicted octanol–water partition coefficient (Wildman–Crippen LogP) is 5.11. The molecule has 2 aromatic rings. The normalized spacial score (nSPS) is 24.6. The summed E-state index contributed by atoms with van der Waals surface area (Å²) >= 11 is 0. The quantitative estimate of drug-likeness (QED) is 0.751. The van der Waals surface area contributed by atoms with Gasteiger partial charge in [0.1, 0.15) is 0 Å². The first kappa shape index (κ1) is 14.8. The molecule has 0 bridgehead atoms. The zero-order chi connectivity index (χ0) is 16.0.